The molecular formula is C10H18N4O3S. The summed E-state index contributed by atoms with van der Waals surface area (Å²) in [5.74, 6) is 0.154. The van der Waals surface area contributed by atoms with E-state index < -0.39 is 6.10 Å². The first-order valence-corrected chi connectivity index (χ1v) is 6.49. The maximum Gasteiger partial charge on any atom is 0.245 e. The predicted octanol–water partition coefficient (Wildman–Crippen LogP) is -0.477. The van der Waals surface area contributed by atoms with Gasteiger partial charge in [-0.2, -0.15) is 4.37 Å². The van der Waals surface area contributed by atoms with E-state index in [1.807, 2.05) is 0 Å². The molecule has 0 spiro atoms. The number of rotatable bonds is 10. The number of unbranched alkanes of at least 4 members (excludes halogenated alkanes) is 1. The predicted molar refractivity (Wildman–Crippen MR) is 67.3 cm³/mol. The number of nitrogens with two attached hydrogens (primary N) is 1. The van der Waals surface area contributed by atoms with Gasteiger partial charge in [-0.15, -0.1) is 4.37 Å². The van der Waals surface area contributed by atoms with Crippen LogP contribution in [0, 0.1) is 0 Å². The van der Waals surface area contributed by atoms with Gasteiger partial charge in [0.25, 0.3) is 0 Å². The Labute approximate surface area is 110 Å². The summed E-state index contributed by atoms with van der Waals surface area (Å²) in [5, 5.41) is 12.7. The van der Waals surface area contributed by atoms with Crippen molar-refractivity contribution in [1.82, 2.24) is 14.1 Å². The van der Waals surface area contributed by atoms with E-state index in [1.165, 1.54) is 6.20 Å². The summed E-state index contributed by atoms with van der Waals surface area (Å²) in [4.78, 5) is 10.5. The topological polar surface area (TPSA) is 110 Å². The highest BCUT2D eigenvalue weighted by molar-refractivity contribution is 6.99. The van der Waals surface area contributed by atoms with Crippen LogP contribution in [0.3, 0.4) is 0 Å². The fourth-order valence-corrected chi connectivity index (χ4v) is 1.64. The summed E-state index contributed by atoms with van der Waals surface area (Å²) in [6.07, 6.45) is 2.94. The number of amides is 1. The van der Waals surface area contributed by atoms with E-state index >= 15 is 0 Å². The summed E-state index contributed by atoms with van der Waals surface area (Å²) in [7, 11) is 0. The highest BCUT2D eigenvalue weighted by Gasteiger charge is 2.05. The van der Waals surface area contributed by atoms with Crippen molar-refractivity contribution >= 4 is 17.6 Å². The van der Waals surface area contributed by atoms with Gasteiger partial charge in [0.15, 0.2) is 0 Å². The largest absolute Gasteiger partial charge is 0.473 e. The van der Waals surface area contributed by atoms with Crippen LogP contribution in [-0.2, 0) is 4.79 Å². The van der Waals surface area contributed by atoms with Crippen molar-refractivity contribution in [2.24, 2.45) is 5.73 Å². The van der Waals surface area contributed by atoms with Crippen molar-refractivity contribution in [2.75, 3.05) is 19.7 Å². The first-order chi connectivity index (χ1) is 8.68. The van der Waals surface area contributed by atoms with Gasteiger partial charge < -0.3 is 20.9 Å². The summed E-state index contributed by atoms with van der Waals surface area (Å²) >= 11 is 1.06. The van der Waals surface area contributed by atoms with Crippen LogP contribution in [0.25, 0.3) is 0 Å². The third-order valence-corrected chi connectivity index (χ3v) is 2.63. The van der Waals surface area contributed by atoms with E-state index in [0.29, 0.717) is 18.8 Å². The molecule has 1 aromatic heterocycles. The average molecular weight is 274 g/mol. The number of primary amides is 1. The second-order valence-electron chi connectivity index (χ2n) is 3.84. The highest BCUT2D eigenvalue weighted by Crippen LogP contribution is 2.05. The molecule has 0 aliphatic heterocycles. The lowest BCUT2D eigenvalue weighted by molar-refractivity contribution is -0.118. The maximum absolute atomic E-state index is 10.5. The molecule has 102 valence electrons. The molecule has 0 aliphatic carbocycles. The molecule has 4 N–H and O–H groups in total. The molecule has 1 rings (SSSR count). The number of aliphatic hydroxyl groups is 1. The fourth-order valence-electron chi connectivity index (χ4n) is 1.28. The molecule has 1 heterocycles. The minimum Gasteiger partial charge on any atom is -0.473 e. The number of hydrogen-bond donors (Lipinski definition) is 3. The van der Waals surface area contributed by atoms with E-state index in [2.05, 4.69) is 14.1 Å². The monoisotopic (exact) mass is 274 g/mol. The number of aliphatic hydroxyl groups excluding tert-OH is 1. The van der Waals surface area contributed by atoms with E-state index in [-0.39, 0.29) is 12.5 Å². The van der Waals surface area contributed by atoms with Gasteiger partial charge in [-0.3, -0.25) is 4.79 Å². The standard InChI is InChI=1S/C10H18N4O3S/c11-9(16)3-1-2-4-12-5-8(15)7-17-10-6-13-18-14-10/h6,8,12,15H,1-5,7H2,(H2,11,16). The average Bonchev–Trinajstić information content (AvgIpc) is 2.83. The van der Waals surface area contributed by atoms with Crippen LogP contribution < -0.4 is 15.8 Å². The number of hydrogen-bond acceptors (Lipinski definition) is 7. The molecular weight excluding hydrogens is 256 g/mol. The van der Waals surface area contributed by atoms with E-state index in [0.717, 1.165) is 31.1 Å². The molecule has 18 heavy (non-hydrogen) atoms. The minimum absolute atomic E-state index is 0.180. The van der Waals surface area contributed by atoms with Crippen LogP contribution in [0.2, 0.25) is 0 Å². The molecule has 0 saturated carbocycles. The van der Waals surface area contributed by atoms with Crippen molar-refractivity contribution in [2.45, 2.75) is 25.4 Å². The van der Waals surface area contributed by atoms with E-state index in [1.54, 1.807) is 0 Å². The molecule has 0 bridgehead atoms. The number of aromatic nitrogens is 2. The smallest absolute Gasteiger partial charge is 0.245 e. The Hall–Kier alpha value is -1.25. The van der Waals surface area contributed by atoms with Gasteiger partial charge in [0, 0.05) is 13.0 Å². The molecule has 0 fully saturated rings. The molecule has 0 aliphatic rings. The SMILES string of the molecule is NC(=O)CCCCNCC(O)COc1cnsn1. The Morgan fingerprint density at radius 1 is 1.61 bits per heavy atom. The molecule has 1 aromatic rings. The van der Waals surface area contributed by atoms with Gasteiger partial charge in [-0.25, -0.2) is 0 Å². The van der Waals surface area contributed by atoms with Crippen LogP contribution >= 0.6 is 11.7 Å². The third-order valence-electron chi connectivity index (χ3n) is 2.17. The van der Waals surface area contributed by atoms with E-state index in [9.17, 15) is 9.90 Å². The summed E-state index contributed by atoms with van der Waals surface area (Å²) in [5.41, 5.74) is 5.02. The normalized spacial score (nSPS) is 12.3. The van der Waals surface area contributed by atoms with Crippen molar-refractivity contribution in [3.8, 4) is 5.88 Å². The highest BCUT2D eigenvalue weighted by atomic mass is 32.1. The Bertz CT molecular complexity index is 334. The summed E-state index contributed by atoms with van der Waals surface area (Å²) in [6, 6.07) is 0. The Balaban J connectivity index is 1.93. The summed E-state index contributed by atoms with van der Waals surface area (Å²) < 4.78 is 12.8. The molecule has 1 atom stereocenters. The molecule has 0 saturated heterocycles. The van der Waals surface area contributed by atoms with Gasteiger partial charge in [0.2, 0.25) is 11.8 Å². The molecule has 0 radical (unpaired) electrons. The molecule has 8 heteroatoms. The minimum atomic E-state index is -0.595. The lowest BCUT2D eigenvalue weighted by Crippen LogP contribution is -2.32. The Morgan fingerprint density at radius 2 is 2.44 bits per heavy atom. The molecule has 1 amide bonds. The lowest BCUT2D eigenvalue weighted by atomic mass is 10.2. The van der Waals surface area contributed by atoms with Crippen molar-refractivity contribution < 1.29 is 14.6 Å². The van der Waals surface area contributed by atoms with Crippen molar-refractivity contribution in [3.63, 3.8) is 0 Å². The zero-order valence-corrected chi connectivity index (χ0v) is 10.9. The molecule has 7 nitrogen and oxygen atoms in total. The third kappa shape index (κ3) is 7.15. The second-order valence-corrected chi connectivity index (χ2v) is 4.39. The van der Waals surface area contributed by atoms with Gasteiger partial charge in [0.05, 0.1) is 11.7 Å². The van der Waals surface area contributed by atoms with E-state index in [4.69, 9.17) is 10.5 Å². The van der Waals surface area contributed by atoms with Crippen molar-refractivity contribution in [3.05, 3.63) is 6.20 Å². The van der Waals surface area contributed by atoms with Crippen LogP contribution in [-0.4, -0.2) is 45.6 Å². The molecule has 1 unspecified atom stereocenters. The maximum atomic E-state index is 10.5. The zero-order valence-electron chi connectivity index (χ0n) is 10.0. The number of carbonyl (C=O) groups excluding carboxylic acids is 1. The number of carbonyl (C=O) groups is 1. The van der Waals surface area contributed by atoms with Crippen LogP contribution in [0.15, 0.2) is 6.20 Å². The number of ether oxygens (including phenoxy) is 1. The zero-order chi connectivity index (χ0) is 13.2. The number of nitrogens with one attached hydrogen (secondary N) is 1. The molecule has 0 aromatic carbocycles. The van der Waals surface area contributed by atoms with Gasteiger partial charge in [0.1, 0.15) is 18.9 Å². The van der Waals surface area contributed by atoms with Crippen molar-refractivity contribution in [1.29, 1.82) is 0 Å². The number of nitrogens with zero attached hydrogens (tertiary/aromatic N) is 2. The van der Waals surface area contributed by atoms with Gasteiger partial charge in [-0.05, 0) is 19.4 Å². The van der Waals surface area contributed by atoms with Crippen LogP contribution in [0.1, 0.15) is 19.3 Å². The van der Waals surface area contributed by atoms with Crippen LogP contribution in [0.5, 0.6) is 5.88 Å². The summed E-state index contributed by atoms with van der Waals surface area (Å²) in [6.45, 7) is 1.36. The second kappa shape index (κ2) is 8.78. The first kappa shape index (κ1) is 14.8. The quantitative estimate of drug-likeness (QED) is 0.497. The fraction of sp³-hybridized carbons (Fsp3) is 0.700. The Morgan fingerprint density at radius 3 is 3.11 bits per heavy atom. The van der Waals surface area contributed by atoms with Gasteiger partial charge in [-0.1, -0.05) is 0 Å². The van der Waals surface area contributed by atoms with Crippen LogP contribution in [0.4, 0.5) is 0 Å². The Kier molecular flexibility index (Phi) is 7.23. The first-order valence-electron chi connectivity index (χ1n) is 5.76. The van der Waals surface area contributed by atoms with Gasteiger partial charge >= 0.3 is 0 Å². The lowest BCUT2D eigenvalue weighted by Gasteiger charge is -2.11.